The summed E-state index contributed by atoms with van der Waals surface area (Å²) in [6.45, 7) is 83.6. The summed E-state index contributed by atoms with van der Waals surface area (Å²) in [6, 6.07) is 13.5. The van der Waals surface area contributed by atoms with Crippen LogP contribution in [-0.4, -0.2) is 97.7 Å². The summed E-state index contributed by atoms with van der Waals surface area (Å²) in [5, 5.41) is 1.47. The zero-order valence-electron chi connectivity index (χ0n) is 74.4. The van der Waals surface area contributed by atoms with Gasteiger partial charge in [-0.1, -0.05) is 340 Å². The van der Waals surface area contributed by atoms with Crippen molar-refractivity contribution in [2.75, 3.05) is 0 Å². The number of hydrogen-bond donors (Lipinski definition) is 0. The minimum absolute atomic E-state index is 0. The molecule has 18 heteroatoms. The molecule has 1 aromatic carbocycles. The quantitative estimate of drug-likeness (QED) is 0.0475. The molecule has 102 heavy (non-hydrogen) atoms. The second kappa shape index (κ2) is 54.0. The van der Waals surface area contributed by atoms with Gasteiger partial charge in [0.25, 0.3) is 8.68 Å². The first-order valence-corrected chi connectivity index (χ1v) is 75.1. The van der Waals surface area contributed by atoms with Crippen molar-refractivity contribution < 1.29 is 29.5 Å². The molecule has 0 saturated heterocycles. The van der Waals surface area contributed by atoms with E-state index < -0.39 is 92.1 Å². The van der Waals surface area contributed by atoms with Crippen LogP contribution in [0.25, 0.3) is 0 Å². The Bertz CT molecular complexity index is 2080. The van der Waals surface area contributed by atoms with Crippen molar-refractivity contribution >= 4 is 97.3 Å². The molecule has 0 fully saturated rings. The van der Waals surface area contributed by atoms with Gasteiger partial charge in [-0.15, -0.1) is 0 Å². The van der Waals surface area contributed by atoms with Crippen LogP contribution in [0.15, 0.2) is 30.3 Å². The highest BCUT2D eigenvalue weighted by Crippen LogP contribution is 2.58. The number of hydrogen-bond acceptors (Lipinski definition) is 7. The molecule has 0 saturated carbocycles. The lowest BCUT2D eigenvalue weighted by Crippen LogP contribution is -2.67. The van der Waals surface area contributed by atoms with Gasteiger partial charge < -0.3 is 29.5 Å². The standard InChI is InChI=1S/C27H58OSi2.C25H58O2Si3.C15H32O3Si4.C14H34OSi2.3CH4/c1-9-11-12-13-14-15-16-17-18-19-20-21-22-23-24-27(5,30(6,7)8)26(3,4)25-29(28)10-2;1-10-11-12-13-14-15-16-17-18-19-20-21-22-23-24-25(2)30(9,26-28(3,4)5)27-29(6,7)8;1-19(2,3)16-22(17-20(4,5)6,18-21(7,8)9)15-13-11-10-12-14-15;1-13(2,12-16(5,6)7)11-14(3,4)15-17(8,9)10;;;/h9-25H2,1-8H3;25H,10-24H2,1-9H3;10-14H,1-9H3;11-12H2,1-10H3;3*1H4. The third-order valence-corrected chi connectivity index (χ3v) is 50.4. The van der Waals surface area contributed by atoms with Crippen LogP contribution < -0.4 is 5.19 Å². The van der Waals surface area contributed by atoms with Gasteiger partial charge in [0.15, 0.2) is 49.9 Å². The van der Waals surface area contributed by atoms with Crippen LogP contribution in [0, 0.1) is 10.8 Å². The molecule has 0 radical (unpaired) electrons. The van der Waals surface area contributed by atoms with Crippen LogP contribution in [0.2, 0.25) is 192 Å². The lowest BCUT2D eigenvalue weighted by molar-refractivity contribution is 0.0546. The highest BCUT2D eigenvalue weighted by atomic mass is 28.5. The normalized spacial score (nSPS) is 14.1. The van der Waals surface area contributed by atoms with Gasteiger partial charge >= 0.3 is 17.4 Å². The molecule has 0 aliphatic carbocycles. The van der Waals surface area contributed by atoms with Crippen LogP contribution >= 0.6 is 0 Å². The van der Waals surface area contributed by atoms with Gasteiger partial charge in [0.05, 0.1) is 13.7 Å². The summed E-state index contributed by atoms with van der Waals surface area (Å²) in [5.41, 5.74) is 1.20. The molecule has 0 aromatic heterocycles. The zero-order chi connectivity index (χ0) is 77.6. The average molecular weight is 1630 g/mol. The fourth-order valence-electron chi connectivity index (χ4n) is 15.2. The predicted octanol–water partition coefficient (Wildman–Crippen LogP) is 32.1. The third kappa shape index (κ3) is 62.8. The Balaban J connectivity index is -0.000000305. The van der Waals surface area contributed by atoms with Gasteiger partial charge in [-0.3, -0.25) is 0 Å². The van der Waals surface area contributed by atoms with Gasteiger partial charge in [-0.05, 0) is 191 Å². The van der Waals surface area contributed by atoms with Crippen LogP contribution in [0.5, 0.6) is 0 Å². The van der Waals surface area contributed by atoms with Crippen LogP contribution in [0.4, 0.5) is 0 Å². The molecule has 0 aliphatic rings. The Morgan fingerprint density at radius 1 is 0.392 bits per heavy atom. The van der Waals surface area contributed by atoms with Crippen molar-refractivity contribution in [2.24, 2.45) is 10.8 Å². The highest BCUT2D eigenvalue weighted by molar-refractivity contribution is 6.95. The van der Waals surface area contributed by atoms with Crippen molar-refractivity contribution in [1.29, 1.82) is 0 Å². The fraction of sp³-hybridized carbons (Fsp3) is 0.929. The number of rotatable bonds is 53. The zero-order valence-corrected chi connectivity index (χ0v) is 85.4. The van der Waals surface area contributed by atoms with Gasteiger partial charge in [0.2, 0.25) is 0 Å². The maximum Gasteiger partial charge on any atom is 0.505 e. The summed E-state index contributed by atoms with van der Waals surface area (Å²) < 4.78 is 52.2. The first kappa shape index (κ1) is 114. The van der Waals surface area contributed by atoms with E-state index in [9.17, 15) is 4.46 Å². The van der Waals surface area contributed by atoms with Gasteiger partial charge in [0, 0.05) is 13.3 Å². The first-order valence-electron chi connectivity index (χ1n) is 41.5. The average Bonchev–Trinajstić information content (AvgIpc) is 0.774. The van der Waals surface area contributed by atoms with E-state index in [1.807, 2.05) is 18.2 Å². The molecule has 1 rings (SSSR count). The van der Waals surface area contributed by atoms with E-state index in [1.54, 1.807) is 0 Å². The Hall–Kier alpha value is 1.17. The summed E-state index contributed by atoms with van der Waals surface area (Å²) in [4.78, 5) is 0. The van der Waals surface area contributed by atoms with E-state index in [4.69, 9.17) is 25.0 Å². The molecular formula is C84H194O7Si11. The molecule has 2 unspecified atom stereocenters. The van der Waals surface area contributed by atoms with Gasteiger partial charge in [-0.2, -0.15) is 0 Å². The summed E-state index contributed by atoms with van der Waals surface area (Å²) in [6.07, 6.45) is 43.7. The summed E-state index contributed by atoms with van der Waals surface area (Å²) in [7, 11) is -18.8. The van der Waals surface area contributed by atoms with Crippen LogP contribution in [0.3, 0.4) is 0 Å². The molecule has 0 N–H and O–H groups in total. The predicted molar refractivity (Wildman–Crippen MR) is 497 cm³/mol. The fourth-order valence-corrected chi connectivity index (χ4v) is 50.7. The van der Waals surface area contributed by atoms with Crippen LogP contribution in [-0.2, 0) is 29.5 Å². The van der Waals surface area contributed by atoms with E-state index in [0.717, 1.165) is 23.7 Å². The number of unbranched alkanes of at least 4 members (excludes halogenated alkanes) is 26. The monoisotopic (exact) mass is 1620 g/mol. The smallest absolute Gasteiger partial charge is 0.436 e. The van der Waals surface area contributed by atoms with Crippen molar-refractivity contribution in [1.82, 2.24) is 0 Å². The van der Waals surface area contributed by atoms with E-state index >= 15 is 0 Å². The minimum Gasteiger partial charge on any atom is -0.436 e. The molecule has 0 aliphatic heterocycles. The molecule has 0 spiro atoms. The summed E-state index contributed by atoms with van der Waals surface area (Å²) in [5.74, 6) is 0. The Morgan fingerprint density at radius 3 is 0.951 bits per heavy atom. The minimum atomic E-state index is -2.89. The van der Waals surface area contributed by atoms with E-state index in [-0.39, 0.29) is 33.3 Å². The molecule has 616 valence electrons. The van der Waals surface area contributed by atoms with E-state index in [2.05, 4.69) is 252 Å². The maximum absolute atomic E-state index is 12.4. The van der Waals surface area contributed by atoms with Crippen molar-refractivity contribution in [2.45, 2.75) is 495 Å². The third-order valence-electron chi connectivity index (χ3n) is 19.1. The topological polar surface area (TPSA) is 72.5 Å². The van der Waals surface area contributed by atoms with E-state index in [0.29, 0.717) is 16.0 Å². The maximum atomic E-state index is 12.4. The van der Waals surface area contributed by atoms with Gasteiger partial charge in [0.1, 0.15) is 0 Å². The Kier molecular flexibility index (Phi) is 60.4. The Labute approximate surface area is 658 Å². The van der Waals surface area contributed by atoms with E-state index in [1.165, 1.54) is 199 Å². The Morgan fingerprint density at radius 2 is 0.686 bits per heavy atom. The summed E-state index contributed by atoms with van der Waals surface area (Å²) >= 11 is 0. The van der Waals surface area contributed by atoms with Crippen molar-refractivity contribution in [3.8, 4) is 0 Å². The largest absolute Gasteiger partial charge is 0.505 e. The van der Waals surface area contributed by atoms with Crippen LogP contribution in [0.1, 0.15) is 297 Å². The molecule has 0 bridgehead atoms. The van der Waals surface area contributed by atoms with Crippen molar-refractivity contribution in [3.05, 3.63) is 30.3 Å². The lowest BCUT2D eigenvalue weighted by Gasteiger charge is -2.52. The number of benzene rings is 1. The van der Waals surface area contributed by atoms with Gasteiger partial charge in [-0.25, -0.2) is 0 Å². The lowest BCUT2D eigenvalue weighted by atomic mass is 9.77. The SMILES string of the molecule is C.C.C.CC(C)(CC(C)(C)O[Si](C)(C)C)C[Si](C)(C)C.CCCCCCCCCCCCCCCCC(C)(C(C)(C)C[Si](=O)CC)[Si](C)(C)C.CCCCCCCCCCCCCCCCC(C)[Si](C)(O[Si](C)(C)C)O[Si](C)(C)C.C[Si](C)(C)O[Si](O[Si](C)(C)C)(O[Si](C)(C)C)c1ccccc1. The second-order valence-corrected chi connectivity index (χ2v) is 88.8. The second-order valence-electron chi connectivity index (χ2n) is 41.2. The molecule has 0 amide bonds. The molecule has 0 heterocycles. The molecule has 2 atom stereocenters. The molecule has 1 aromatic rings. The highest BCUT2D eigenvalue weighted by Gasteiger charge is 2.53. The molecular weight excluding hydrogens is 1430 g/mol. The first-order chi connectivity index (χ1) is 44.8. The van der Waals surface area contributed by atoms with Crippen molar-refractivity contribution in [3.63, 3.8) is 0 Å². The molecule has 7 nitrogen and oxygen atoms in total.